The third kappa shape index (κ3) is 13.6. The van der Waals surface area contributed by atoms with Crippen molar-refractivity contribution in [2.24, 2.45) is 0 Å². The number of rotatable bonds is 0. The van der Waals surface area contributed by atoms with Crippen LogP contribution < -0.4 is 0 Å². The molecule has 0 bridgehead atoms. The first-order chi connectivity index (χ1) is 1.73. The van der Waals surface area contributed by atoms with Crippen LogP contribution in [0.15, 0.2) is 0 Å². The Morgan fingerprint density at radius 3 is 1.00 bits per heavy atom. The zero-order valence-corrected chi connectivity index (χ0v) is 6.55. The molecule has 0 aliphatic rings. The first-order valence-corrected chi connectivity index (χ1v) is 6.52. The fraction of sp³-hybridized carbons (Fsp3) is 0. The van der Waals surface area contributed by atoms with E-state index in [2.05, 4.69) is 0 Å². The number of hydrogen-bond donors (Lipinski definition) is 0. The molecular weight excluding hydrogens is 275 g/mol. The third-order valence-corrected chi connectivity index (χ3v) is 0. The Labute approximate surface area is 39.3 Å². The van der Waals surface area contributed by atoms with Gasteiger partial charge in [0.05, 0.1) is 0 Å². The van der Waals surface area contributed by atoms with Gasteiger partial charge in [0.15, 0.2) is 0 Å². The summed E-state index contributed by atoms with van der Waals surface area (Å²) in [6.45, 7) is 0. The van der Waals surface area contributed by atoms with E-state index < -0.39 is 37.9 Å². The molecule has 0 saturated carbocycles. The van der Waals surface area contributed by atoms with Crippen LogP contribution in [0.4, 0.5) is 0 Å². The first-order valence-electron chi connectivity index (χ1n) is 0.707. The predicted octanol–water partition coefficient (Wildman–Crippen LogP) is -0.356. The van der Waals surface area contributed by atoms with E-state index in [-0.39, 0.29) is 0 Å². The van der Waals surface area contributed by atoms with Crippen molar-refractivity contribution in [1.82, 2.24) is 0 Å². The van der Waals surface area contributed by atoms with Gasteiger partial charge in [0.25, 0.3) is 0 Å². The Morgan fingerprint density at radius 2 is 1.00 bits per heavy atom. The number of hydrogen-bond acceptors (Lipinski definition) is 3. The second-order valence-electron chi connectivity index (χ2n) is 0.289. The van der Waals surface area contributed by atoms with Gasteiger partial charge in [-0.15, -0.1) is 0 Å². The minimum atomic E-state index is -4.52. The summed E-state index contributed by atoms with van der Waals surface area (Å²) in [6, 6.07) is 0. The molecule has 0 heterocycles. The van der Waals surface area contributed by atoms with Crippen LogP contribution in [0.1, 0.15) is 0 Å². The summed E-state index contributed by atoms with van der Waals surface area (Å²) in [7, 11) is 0. The molecule has 0 atom stereocenters. The van der Waals surface area contributed by atoms with Crippen LogP contribution in [0.2, 0.25) is 0 Å². The van der Waals surface area contributed by atoms with Gasteiger partial charge in [-0.2, -0.15) is 0 Å². The SMILES string of the molecule is [O]=[Ac](=[O])=[O]. The van der Waals surface area contributed by atoms with Gasteiger partial charge in [-0.25, -0.2) is 0 Å². The van der Waals surface area contributed by atoms with Crippen LogP contribution in [-0.4, -0.2) is 0 Å². The molecule has 0 aromatic carbocycles. The Hall–Kier alpha value is 0.842. The molecule has 0 aromatic rings. The van der Waals surface area contributed by atoms with Crippen LogP contribution in [0.25, 0.3) is 0 Å². The van der Waals surface area contributed by atoms with Crippen molar-refractivity contribution in [3.63, 3.8) is 0 Å². The molecule has 0 fully saturated rings. The van der Waals surface area contributed by atoms with E-state index in [4.69, 9.17) is 1.95 Å². The van der Waals surface area contributed by atoms with E-state index in [9.17, 15) is 0 Å². The van der Waals surface area contributed by atoms with Crippen LogP contribution in [0, 0.1) is 37.9 Å². The summed E-state index contributed by atoms with van der Waals surface area (Å²) in [5, 5.41) is 0. The Balaban J connectivity index is 4.65. The van der Waals surface area contributed by atoms with Crippen molar-refractivity contribution in [3.8, 4) is 0 Å². The maximum atomic E-state index is 8.65. The standard InChI is InChI=1S/Ac.3O. The average molecular weight is 275 g/mol. The van der Waals surface area contributed by atoms with E-state index in [1.54, 1.807) is 0 Å². The second-order valence-corrected chi connectivity index (χ2v) is 2.66. The molecule has 0 saturated heterocycles. The molecule has 0 aliphatic carbocycles. The zero-order chi connectivity index (χ0) is 3.58. The van der Waals surface area contributed by atoms with Gasteiger partial charge < -0.3 is 0 Å². The Kier molecular flexibility index (Phi) is 2.54. The molecule has 4 heavy (non-hydrogen) atoms. The molecule has 4 heteroatoms. The first kappa shape index (κ1) is 4.84. The van der Waals surface area contributed by atoms with E-state index in [1.165, 1.54) is 0 Å². The molecular formula is AcO3. The predicted molar refractivity (Wildman–Crippen MR) is 2.06 cm³/mol. The van der Waals surface area contributed by atoms with Gasteiger partial charge in [-0.3, -0.25) is 0 Å². The van der Waals surface area contributed by atoms with Crippen molar-refractivity contribution in [2.45, 2.75) is 0 Å². The summed E-state index contributed by atoms with van der Waals surface area (Å²) in [5.74, 6) is 0. The Bertz CT molecular complexity index is 72.7. The van der Waals surface area contributed by atoms with Gasteiger partial charge in [0, 0.05) is 0 Å². The van der Waals surface area contributed by atoms with Gasteiger partial charge in [-0.1, -0.05) is 0 Å². The molecule has 0 amide bonds. The van der Waals surface area contributed by atoms with Crippen LogP contribution >= 0.6 is 0 Å². The molecule has 0 N–H and O–H groups in total. The van der Waals surface area contributed by atoms with Crippen molar-refractivity contribution in [1.29, 1.82) is 0 Å². The van der Waals surface area contributed by atoms with E-state index >= 15 is 0 Å². The van der Waals surface area contributed by atoms with E-state index in [0.29, 0.717) is 0 Å². The monoisotopic (exact) mass is 275 g/mol. The molecule has 0 unspecified atom stereocenters. The fourth-order valence-corrected chi connectivity index (χ4v) is 0. The van der Waals surface area contributed by atoms with Crippen molar-refractivity contribution in [2.75, 3.05) is 0 Å². The van der Waals surface area contributed by atoms with Crippen LogP contribution in [0.5, 0.6) is 0 Å². The van der Waals surface area contributed by atoms with E-state index in [0.717, 1.165) is 0 Å². The van der Waals surface area contributed by atoms with Gasteiger partial charge in [-0.05, 0) is 0 Å². The topological polar surface area (TPSA) is 51.2 Å². The van der Waals surface area contributed by atoms with Crippen molar-refractivity contribution >= 4 is 0 Å². The fourth-order valence-electron chi connectivity index (χ4n) is 0. The molecule has 21 valence electrons. The van der Waals surface area contributed by atoms with Crippen LogP contribution in [0.3, 0.4) is 0 Å². The molecule has 0 rings (SSSR count). The molecule has 3 nitrogen and oxygen atoms in total. The van der Waals surface area contributed by atoms with Gasteiger partial charge in [0.1, 0.15) is 0 Å². The molecule has 0 radical (unpaired) electrons. The third-order valence-electron chi connectivity index (χ3n) is 0. The minimum absolute atomic E-state index is 4.52. The summed E-state index contributed by atoms with van der Waals surface area (Å²) in [4.78, 5) is 0. The Morgan fingerprint density at radius 1 is 1.00 bits per heavy atom. The van der Waals surface area contributed by atoms with Crippen molar-refractivity contribution < 1.29 is 39.9 Å². The summed E-state index contributed by atoms with van der Waals surface area (Å²) in [6.07, 6.45) is 0. The molecule has 0 spiro atoms. The second kappa shape index (κ2) is 2.10. The van der Waals surface area contributed by atoms with Gasteiger partial charge >= 0.3 is 39.9 Å². The maximum absolute atomic E-state index is 8.65. The quantitative estimate of drug-likeness (QED) is 0.607. The van der Waals surface area contributed by atoms with Crippen molar-refractivity contribution in [3.05, 3.63) is 0 Å². The molecule has 0 aliphatic heterocycles. The summed E-state index contributed by atoms with van der Waals surface area (Å²) in [5.41, 5.74) is 0. The molecule has 0 aromatic heterocycles. The van der Waals surface area contributed by atoms with Crippen LogP contribution in [-0.2, 0) is 1.95 Å². The normalized spacial score (nSPS) is 6.00. The van der Waals surface area contributed by atoms with Gasteiger partial charge in [0.2, 0.25) is 0 Å². The summed E-state index contributed by atoms with van der Waals surface area (Å²) >= 11 is -4.52. The van der Waals surface area contributed by atoms with E-state index in [1.807, 2.05) is 0 Å². The zero-order valence-electron chi connectivity index (χ0n) is 1.80. The summed E-state index contributed by atoms with van der Waals surface area (Å²) < 4.78 is 25.9. The average Bonchev–Trinajstić information content (AvgIpc) is 0.811.